The summed E-state index contributed by atoms with van der Waals surface area (Å²) in [6, 6.07) is 14.6. The van der Waals surface area contributed by atoms with Gasteiger partial charge in [-0.2, -0.15) is 0 Å². The first-order valence-corrected chi connectivity index (χ1v) is 6.70. The topological polar surface area (TPSA) is 29.0 Å². The lowest BCUT2D eigenvalue weighted by Crippen LogP contribution is -2.20. The number of nitrogens with zero attached hydrogens (tertiary/aromatic N) is 1. The molecule has 0 atom stereocenters. The molecule has 0 unspecified atom stereocenters. The zero-order valence-corrected chi connectivity index (χ0v) is 11.7. The summed E-state index contributed by atoms with van der Waals surface area (Å²) in [6.45, 7) is 2.94. The summed E-state index contributed by atoms with van der Waals surface area (Å²) in [4.78, 5) is 0. The number of aryl methyl sites for hydroxylation is 1. The van der Waals surface area contributed by atoms with E-state index in [1.54, 1.807) is 0 Å². The van der Waals surface area contributed by atoms with E-state index in [0.29, 0.717) is 0 Å². The van der Waals surface area contributed by atoms with Gasteiger partial charge in [0, 0.05) is 10.0 Å². The lowest BCUT2D eigenvalue weighted by molar-refractivity contribution is -0.453. The van der Waals surface area contributed by atoms with Crippen molar-refractivity contribution in [3.63, 3.8) is 0 Å². The summed E-state index contributed by atoms with van der Waals surface area (Å²) in [7, 11) is 0. The van der Waals surface area contributed by atoms with Crippen molar-refractivity contribution >= 4 is 27.5 Å². The molecule has 2 N–H and O–H groups in total. The van der Waals surface area contributed by atoms with E-state index in [4.69, 9.17) is 5.73 Å². The van der Waals surface area contributed by atoms with Crippen molar-refractivity contribution in [2.24, 2.45) is 5.73 Å². The summed E-state index contributed by atoms with van der Waals surface area (Å²) in [5.74, 6) is 0.840. The molecular weight excluding hydrogens is 288 g/mol. The first-order valence-electron chi connectivity index (χ1n) is 5.91. The van der Waals surface area contributed by atoms with Crippen LogP contribution in [0.5, 0.6) is 0 Å². The molecule has 0 saturated carbocycles. The second kappa shape index (κ2) is 4.25. The molecule has 2 aromatic rings. The Morgan fingerprint density at radius 3 is 2.67 bits per heavy atom. The molecule has 3 rings (SSSR count). The van der Waals surface area contributed by atoms with Crippen LogP contribution in [0.3, 0.4) is 0 Å². The molecular formula is C15H14BrN2+. The smallest absolute Gasteiger partial charge is 0.280 e. The summed E-state index contributed by atoms with van der Waals surface area (Å²) in [5, 5.41) is 0. The number of hydrogen-bond donors (Lipinski definition) is 1. The summed E-state index contributed by atoms with van der Waals surface area (Å²) >= 11 is 3.52. The molecule has 1 aliphatic heterocycles. The second-order valence-corrected chi connectivity index (χ2v) is 5.42. The maximum Gasteiger partial charge on any atom is 0.280 e. The monoisotopic (exact) mass is 301 g/mol. The highest BCUT2D eigenvalue weighted by atomic mass is 79.9. The first kappa shape index (κ1) is 11.5. The van der Waals surface area contributed by atoms with Gasteiger partial charge in [-0.1, -0.05) is 34.1 Å². The zero-order chi connectivity index (χ0) is 12.7. The minimum Gasteiger partial charge on any atom is -0.286 e. The van der Waals surface area contributed by atoms with E-state index in [2.05, 4.69) is 63.8 Å². The van der Waals surface area contributed by atoms with Crippen LogP contribution in [0.25, 0.3) is 0 Å². The Morgan fingerprint density at radius 1 is 1.17 bits per heavy atom. The van der Waals surface area contributed by atoms with Gasteiger partial charge in [-0.05, 0) is 36.8 Å². The van der Waals surface area contributed by atoms with Gasteiger partial charge in [-0.3, -0.25) is 5.73 Å². The molecule has 1 aliphatic rings. The molecule has 90 valence electrons. The van der Waals surface area contributed by atoms with Gasteiger partial charge in [-0.25, -0.2) is 4.58 Å². The number of amidine groups is 1. The highest BCUT2D eigenvalue weighted by Crippen LogP contribution is 2.27. The summed E-state index contributed by atoms with van der Waals surface area (Å²) in [5.41, 5.74) is 11.0. The predicted octanol–water partition coefficient (Wildman–Crippen LogP) is 3.32. The number of halogens is 1. The lowest BCUT2D eigenvalue weighted by Gasteiger charge is -2.05. The summed E-state index contributed by atoms with van der Waals surface area (Å²) < 4.78 is 3.28. The van der Waals surface area contributed by atoms with Gasteiger partial charge >= 0.3 is 0 Å². The molecule has 18 heavy (non-hydrogen) atoms. The Morgan fingerprint density at radius 2 is 1.94 bits per heavy atom. The minimum absolute atomic E-state index is 0.840. The van der Waals surface area contributed by atoms with E-state index in [1.807, 2.05) is 6.07 Å². The van der Waals surface area contributed by atoms with E-state index in [0.717, 1.165) is 28.1 Å². The molecule has 0 fully saturated rings. The fourth-order valence-corrected chi connectivity index (χ4v) is 2.58. The number of benzene rings is 2. The quantitative estimate of drug-likeness (QED) is 0.804. The maximum absolute atomic E-state index is 6.24. The highest BCUT2D eigenvalue weighted by Gasteiger charge is 2.25. The molecule has 1 heterocycles. The molecule has 0 aromatic heterocycles. The van der Waals surface area contributed by atoms with Crippen LogP contribution < -0.4 is 5.73 Å². The predicted molar refractivity (Wildman–Crippen MR) is 77.2 cm³/mol. The Balaban J connectivity index is 2.10. The Hall–Kier alpha value is -1.61. The normalized spacial score (nSPS) is 13.9. The van der Waals surface area contributed by atoms with E-state index < -0.39 is 0 Å². The lowest BCUT2D eigenvalue weighted by atomic mass is 10.1. The van der Waals surface area contributed by atoms with Crippen molar-refractivity contribution in [3.8, 4) is 0 Å². The van der Waals surface area contributed by atoms with Crippen molar-refractivity contribution in [2.75, 3.05) is 0 Å². The molecule has 0 amide bonds. The highest BCUT2D eigenvalue weighted by molar-refractivity contribution is 9.10. The van der Waals surface area contributed by atoms with Gasteiger partial charge in [-0.15, -0.1) is 0 Å². The van der Waals surface area contributed by atoms with Crippen molar-refractivity contribution in [3.05, 3.63) is 63.6 Å². The molecule has 0 spiro atoms. The van der Waals surface area contributed by atoms with Crippen LogP contribution in [-0.4, -0.2) is 10.4 Å². The summed E-state index contributed by atoms with van der Waals surface area (Å²) in [6.07, 6.45) is 0. The van der Waals surface area contributed by atoms with Crippen molar-refractivity contribution < 1.29 is 4.58 Å². The molecule has 3 heteroatoms. The Bertz CT molecular complexity index is 659. The van der Waals surface area contributed by atoms with Gasteiger partial charge < -0.3 is 0 Å². The molecule has 0 saturated heterocycles. The number of hydrogen-bond acceptors (Lipinski definition) is 1. The Kier molecular flexibility index (Phi) is 2.71. The van der Waals surface area contributed by atoms with Crippen molar-refractivity contribution in [1.82, 2.24) is 0 Å². The number of rotatable bonds is 1. The number of nitrogens with two attached hydrogens (primary N) is 1. The second-order valence-electron chi connectivity index (χ2n) is 4.56. The average molecular weight is 302 g/mol. The van der Waals surface area contributed by atoms with Crippen molar-refractivity contribution in [1.29, 1.82) is 0 Å². The minimum atomic E-state index is 0.840. The molecule has 0 radical (unpaired) electrons. The third kappa shape index (κ3) is 1.75. The van der Waals surface area contributed by atoms with Crippen LogP contribution in [0, 0.1) is 6.92 Å². The fraction of sp³-hybridized carbons (Fsp3) is 0.133. The van der Waals surface area contributed by atoms with Crippen LogP contribution >= 0.6 is 15.9 Å². The van der Waals surface area contributed by atoms with Gasteiger partial charge in [0.2, 0.25) is 0 Å². The Labute approximate surface area is 115 Å². The molecule has 0 aliphatic carbocycles. The SMILES string of the molecule is Cc1cc([N+]2=C(N)c3ccccc3C2)ccc1Br. The third-order valence-corrected chi connectivity index (χ3v) is 4.26. The zero-order valence-electron chi connectivity index (χ0n) is 10.2. The van der Waals surface area contributed by atoms with Crippen LogP contribution in [0.1, 0.15) is 16.7 Å². The van der Waals surface area contributed by atoms with E-state index in [9.17, 15) is 0 Å². The first-order chi connectivity index (χ1) is 8.66. The largest absolute Gasteiger partial charge is 0.286 e. The van der Waals surface area contributed by atoms with Gasteiger partial charge in [0.25, 0.3) is 5.84 Å². The van der Waals surface area contributed by atoms with Gasteiger partial charge in [0.15, 0.2) is 0 Å². The van der Waals surface area contributed by atoms with Gasteiger partial charge in [0.05, 0.1) is 5.56 Å². The van der Waals surface area contributed by atoms with Crippen LogP contribution in [0.2, 0.25) is 0 Å². The van der Waals surface area contributed by atoms with Crippen LogP contribution in [0.15, 0.2) is 46.9 Å². The van der Waals surface area contributed by atoms with Gasteiger partial charge in [0.1, 0.15) is 12.2 Å². The third-order valence-electron chi connectivity index (χ3n) is 3.37. The number of fused-ring (bicyclic) bond motifs is 1. The standard InChI is InChI=1S/C15H13BrN2/c1-10-8-12(6-7-14(10)16)18-9-11-4-2-3-5-13(11)15(18)17/h2-8,17H,9H2,1H3/p+1. The molecule has 0 bridgehead atoms. The molecule has 2 nitrogen and oxygen atoms in total. The average Bonchev–Trinajstić information content (AvgIpc) is 2.71. The van der Waals surface area contributed by atoms with Crippen LogP contribution in [-0.2, 0) is 6.54 Å². The fourth-order valence-electron chi connectivity index (χ4n) is 2.34. The van der Waals surface area contributed by atoms with Crippen molar-refractivity contribution in [2.45, 2.75) is 13.5 Å². The van der Waals surface area contributed by atoms with E-state index >= 15 is 0 Å². The van der Waals surface area contributed by atoms with E-state index in [-0.39, 0.29) is 0 Å². The maximum atomic E-state index is 6.24. The van der Waals surface area contributed by atoms with E-state index in [1.165, 1.54) is 11.1 Å². The van der Waals surface area contributed by atoms with Crippen LogP contribution in [0.4, 0.5) is 5.69 Å². The molecule has 2 aromatic carbocycles.